The van der Waals surface area contributed by atoms with Crippen LogP contribution in [0.2, 0.25) is 0 Å². The number of halogens is 4. The first-order valence-corrected chi connectivity index (χ1v) is 14.1. The molecular weight excluding hydrogens is 580 g/mol. The zero-order chi connectivity index (χ0) is 30.4. The molecule has 3 atom stereocenters. The standard InChI is InChI=1S/C34H26F4O6/c35-31-15-23(6-5-21(31)12-26-17-41-26)43-18-42-22-7-9-27-28-10-8-24(14-30(28)32(29(27)13-22)34(36,37)38)44-33(39)20-3-1-19(2-4-20)11-25-16-40-25/h1-10,13-15,25-26,32H,11-12,16-18H2. The maximum atomic E-state index is 14.4. The van der Waals surface area contributed by atoms with Crippen molar-refractivity contribution >= 4 is 5.97 Å². The number of esters is 1. The molecule has 4 aromatic rings. The topological polar surface area (TPSA) is 69.8 Å². The van der Waals surface area contributed by atoms with Gasteiger partial charge in [-0.05, 0) is 75.8 Å². The van der Waals surface area contributed by atoms with Crippen LogP contribution in [0.15, 0.2) is 78.9 Å². The smallest absolute Gasteiger partial charge is 0.399 e. The van der Waals surface area contributed by atoms with Gasteiger partial charge in [-0.2, -0.15) is 13.2 Å². The van der Waals surface area contributed by atoms with Gasteiger partial charge < -0.3 is 23.7 Å². The molecule has 6 nitrogen and oxygen atoms in total. The molecule has 4 aromatic carbocycles. The fraction of sp³-hybridized carbons (Fsp3) is 0.265. The Balaban J connectivity index is 1.04. The second-order valence-electron chi connectivity index (χ2n) is 11.0. The zero-order valence-corrected chi connectivity index (χ0v) is 23.2. The first-order chi connectivity index (χ1) is 21.2. The Bertz CT molecular complexity index is 1710. The van der Waals surface area contributed by atoms with Gasteiger partial charge in [0.2, 0.25) is 6.79 Å². The molecule has 2 saturated heterocycles. The SMILES string of the molecule is O=C(Oc1ccc2c(c1)C(C(F)(F)F)c1cc(OCOc3ccc(CC4CO4)c(F)c3)ccc1-2)c1ccc(CC2CO2)cc1. The summed E-state index contributed by atoms with van der Waals surface area (Å²) in [4.78, 5) is 12.8. The van der Waals surface area contributed by atoms with Crippen LogP contribution in [0.4, 0.5) is 17.6 Å². The predicted octanol–water partition coefficient (Wildman–Crippen LogP) is 7.02. The van der Waals surface area contributed by atoms with Crippen molar-refractivity contribution in [2.24, 2.45) is 0 Å². The molecule has 7 rings (SSSR count). The molecule has 0 radical (unpaired) electrons. The van der Waals surface area contributed by atoms with E-state index >= 15 is 0 Å². The lowest BCUT2D eigenvalue weighted by Gasteiger charge is -2.18. The van der Waals surface area contributed by atoms with E-state index in [1.807, 2.05) is 12.1 Å². The normalized spacial score (nSPS) is 19.6. The molecule has 2 aliphatic heterocycles. The summed E-state index contributed by atoms with van der Waals surface area (Å²) < 4.78 is 84.6. The predicted molar refractivity (Wildman–Crippen MR) is 151 cm³/mol. The molecule has 2 heterocycles. The van der Waals surface area contributed by atoms with Gasteiger partial charge in [0.05, 0.1) is 31.0 Å². The fourth-order valence-electron chi connectivity index (χ4n) is 5.50. The molecule has 10 heteroatoms. The highest BCUT2D eigenvalue weighted by Crippen LogP contribution is 2.53. The lowest BCUT2D eigenvalue weighted by molar-refractivity contribution is -0.140. The average Bonchev–Trinajstić information content (AvgIpc) is 3.93. The van der Waals surface area contributed by atoms with E-state index in [1.165, 1.54) is 30.3 Å². The first kappa shape index (κ1) is 28.4. The summed E-state index contributed by atoms with van der Waals surface area (Å²) in [7, 11) is 0. The van der Waals surface area contributed by atoms with E-state index in [-0.39, 0.29) is 52.9 Å². The molecule has 0 aromatic heterocycles. The summed E-state index contributed by atoms with van der Waals surface area (Å²) in [6.45, 7) is 1.01. The van der Waals surface area contributed by atoms with Gasteiger partial charge in [-0.25, -0.2) is 9.18 Å². The van der Waals surface area contributed by atoms with Crippen molar-refractivity contribution in [1.82, 2.24) is 0 Å². The van der Waals surface area contributed by atoms with E-state index in [9.17, 15) is 22.4 Å². The number of hydrogen-bond acceptors (Lipinski definition) is 6. The molecule has 0 N–H and O–H groups in total. The van der Waals surface area contributed by atoms with Crippen LogP contribution in [-0.2, 0) is 22.3 Å². The minimum atomic E-state index is -4.62. The van der Waals surface area contributed by atoms with Crippen molar-refractivity contribution < 1.29 is 46.0 Å². The van der Waals surface area contributed by atoms with E-state index < -0.39 is 23.9 Å². The largest absolute Gasteiger partial charge is 0.457 e. The number of ether oxygens (including phenoxy) is 5. The Morgan fingerprint density at radius 2 is 1.32 bits per heavy atom. The molecule has 44 heavy (non-hydrogen) atoms. The Morgan fingerprint density at radius 3 is 1.93 bits per heavy atom. The highest BCUT2D eigenvalue weighted by atomic mass is 19.4. The summed E-state index contributed by atoms with van der Waals surface area (Å²) >= 11 is 0. The molecule has 0 bridgehead atoms. The summed E-state index contributed by atoms with van der Waals surface area (Å²) in [5.74, 6) is -2.63. The van der Waals surface area contributed by atoms with Gasteiger partial charge in [0.15, 0.2) is 0 Å². The Morgan fingerprint density at radius 1 is 0.750 bits per heavy atom. The van der Waals surface area contributed by atoms with Gasteiger partial charge in [0.25, 0.3) is 0 Å². The maximum Gasteiger partial charge on any atom is 0.399 e. The van der Waals surface area contributed by atoms with Crippen molar-refractivity contribution in [3.8, 4) is 28.4 Å². The zero-order valence-electron chi connectivity index (χ0n) is 23.2. The van der Waals surface area contributed by atoms with Crippen LogP contribution in [0.1, 0.15) is 38.5 Å². The first-order valence-electron chi connectivity index (χ1n) is 14.1. The number of rotatable bonds is 10. The van der Waals surface area contributed by atoms with Crippen LogP contribution in [0.3, 0.4) is 0 Å². The number of hydrogen-bond donors (Lipinski definition) is 0. The van der Waals surface area contributed by atoms with Gasteiger partial charge >= 0.3 is 12.1 Å². The minimum Gasteiger partial charge on any atom is -0.457 e. The molecule has 3 aliphatic rings. The van der Waals surface area contributed by atoms with Gasteiger partial charge in [0, 0.05) is 18.9 Å². The molecule has 0 saturated carbocycles. The molecule has 226 valence electrons. The van der Waals surface area contributed by atoms with Crippen LogP contribution in [-0.4, -0.2) is 44.4 Å². The van der Waals surface area contributed by atoms with Crippen molar-refractivity contribution in [1.29, 1.82) is 0 Å². The van der Waals surface area contributed by atoms with E-state index in [4.69, 9.17) is 23.7 Å². The van der Waals surface area contributed by atoms with Crippen LogP contribution in [0.5, 0.6) is 17.2 Å². The number of benzene rings is 4. The Kier molecular flexibility index (Phi) is 7.26. The van der Waals surface area contributed by atoms with E-state index in [2.05, 4.69) is 0 Å². The van der Waals surface area contributed by atoms with Crippen LogP contribution in [0, 0.1) is 5.82 Å². The number of carbonyl (C=O) groups is 1. The summed E-state index contributed by atoms with van der Waals surface area (Å²) in [6.07, 6.45) is -3.13. The quantitative estimate of drug-likeness (QED) is 0.0636. The molecular formula is C34H26F4O6. The number of epoxide rings is 2. The number of alkyl halides is 3. The third-order valence-electron chi connectivity index (χ3n) is 7.88. The number of carbonyl (C=O) groups excluding carboxylic acids is 1. The van der Waals surface area contributed by atoms with Gasteiger partial charge in [-0.1, -0.05) is 30.3 Å². The molecule has 3 unspecified atom stereocenters. The van der Waals surface area contributed by atoms with E-state index in [0.29, 0.717) is 29.7 Å². The highest BCUT2D eigenvalue weighted by molar-refractivity contribution is 5.91. The monoisotopic (exact) mass is 606 g/mol. The van der Waals surface area contributed by atoms with Crippen molar-refractivity contribution in [3.63, 3.8) is 0 Å². The van der Waals surface area contributed by atoms with Crippen molar-refractivity contribution in [2.75, 3.05) is 20.0 Å². The molecule has 2 fully saturated rings. The highest BCUT2D eigenvalue weighted by Gasteiger charge is 2.47. The Hall–Kier alpha value is -4.41. The van der Waals surface area contributed by atoms with Gasteiger partial charge in [-0.3, -0.25) is 0 Å². The van der Waals surface area contributed by atoms with Gasteiger partial charge in [0.1, 0.15) is 29.0 Å². The molecule has 0 amide bonds. The van der Waals surface area contributed by atoms with Crippen LogP contribution >= 0.6 is 0 Å². The van der Waals surface area contributed by atoms with Crippen molar-refractivity contribution in [2.45, 2.75) is 37.1 Å². The second-order valence-corrected chi connectivity index (χ2v) is 11.0. The van der Waals surface area contributed by atoms with E-state index in [0.717, 1.165) is 18.6 Å². The van der Waals surface area contributed by atoms with E-state index in [1.54, 1.807) is 36.4 Å². The summed E-state index contributed by atoms with van der Waals surface area (Å²) in [5.41, 5.74) is 2.62. The fourth-order valence-corrected chi connectivity index (χ4v) is 5.50. The maximum absolute atomic E-state index is 14.4. The Labute approximate surface area is 250 Å². The second kappa shape index (κ2) is 11.3. The average molecular weight is 607 g/mol. The summed E-state index contributed by atoms with van der Waals surface area (Å²) in [6, 6.07) is 20.0. The van der Waals surface area contributed by atoms with Gasteiger partial charge in [-0.15, -0.1) is 0 Å². The lowest BCUT2D eigenvalue weighted by atomic mass is 9.96. The van der Waals surface area contributed by atoms with Crippen LogP contribution in [0.25, 0.3) is 11.1 Å². The minimum absolute atomic E-state index is 0.0130. The lowest BCUT2D eigenvalue weighted by Crippen LogP contribution is -2.20. The third kappa shape index (κ3) is 6.13. The third-order valence-corrected chi connectivity index (χ3v) is 7.88. The van der Waals surface area contributed by atoms with Crippen LogP contribution < -0.4 is 14.2 Å². The van der Waals surface area contributed by atoms with Crippen molar-refractivity contribution in [3.05, 3.63) is 112 Å². The summed E-state index contributed by atoms with van der Waals surface area (Å²) in [5, 5.41) is 0. The number of fused-ring (bicyclic) bond motifs is 3. The molecule has 1 aliphatic carbocycles. The molecule has 0 spiro atoms.